The molecule has 84 valence electrons. The normalized spacial score (nSPS) is 11.0. The van der Waals surface area contributed by atoms with Gasteiger partial charge in [0.05, 0.1) is 7.11 Å². The number of aliphatic carboxylic acids is 1. The summed E-state index contributed by atoms with van der Waals surface area (Å²) in [6, 6.07) is 6.90. The first-order valence-electron chi connectivity index (χ1n) is 4.65. The van der Waals surface area contributed by atoms with Crippen LogP contribution in [0, 0.1) is 0 Å². The van der Waals surface area contributed by atoms with Crippen LogP contribution in [-0.2, 0) is 9.59 Å². The van der Waals surface area contributed by atoms with E-state index in [2.05, 4.69) is 0 Å². The Labute approximate surface area is 93.2 Å². The van der Waals surface area contributed by atoms with Crippen LogP contribution in [0.5, 0.6) is 5.75 Å². The second-order valence-electron chi connectivity index (χ2n) is 3.16. The maximum atomic E-state index is 11.1. The van der Waals surface area contributed by atoms with Crippen LogP contribution in [0.3, 0.4) is 0 Å². The lowest BCUT2D eigenvalue weighted by Crippen LogP contribution is -2.08. The Morgan fingerprint density at radius 2 is 1.94 bits per heavy atom. The van der Waals surface area contributed by atoms with E-state index in [9.17, 15) is 9.59 Å². The maximum Gasteiger partial charge on any atom is 0.339 e. The summed E-state index contributed by atoms with van der Waals surface area (Å²) >= 11 is 0. The lowest BCUT2D eigenvalue weighted by atomic mass is 10.1. The molecule has 0 aromatic heterocycles. The highest BCUT2D eigenvalue weighted by molar-refractivity contribution is 6.19. The van der Waals surface area contributed by atoms with E-state index in [4.69, 9.17) is 9.84 Å². The summed E-state index contributed by atoms with van der Waals surface area (Å²) in [5.41, 5.74) is 0.308. The summed E-state index contributed by atoms with van der Waals surface area (Å²) in [4.78, 5) is 21.9. The summed E-state index contributed by atoms with van der Waals surface area (Å²) in [6.45, 7) is 1.22. The minimum atomic E-state index is -1.24. The van der Waals surface area contributed by atoms with E-state index in [-0.39, 0.29) is 5.57 Å². The van der Waals surface area contributed by atoms with Gasteiger partial charge >= 0.3 is 5.97 Å². The molecule has 0 bridgehead atoms. The number of carbonyl (C=O) groups excluding carboxylic acids is 1. The molecule has 16 heavy (non-hydrogen) atoms. The molecule has 4 nitrogen and oxygen atoms in total. The van der Waals surface area contributed by atoms with Crippen molar-refractivity contribution in [1.82, 2.24) is 0 Å². The Morgan fingerprint density at radius 3 is 2.44 bits per heavy atom. The van der Waals surface area contributed by atoms with E-state index in [1.54, 1.807) is 24.3 Å². The fourth-order valence-corrected chi connectivity index (χ4v) is 1.26. The number of carbonyl (C=O) groups is 2. The molecule has 1 aromatic carbocycles. The van der Waals surface area contributed by atoms with E-state index in [1.807, 2.05) is 0 Å². The fourth-order valence-electron chi connectivity index (χ4n) is 1.26. The van der Waals surface area contributed by atoms with Gasteiger partial charge in [-0.3, -0.25) is 4.79 Å². The first-order valence-corrected chi connectivity index (χ1v) is 4.65. The van der Waals surface area contributed by atoms with Crippen LogP contribution in [-0.4, -0.2) is 24.0 Å². The van der Waals surface area contributed by atoms with Crippen LogP contribution in [0.1, 0.15) is 12.5 Å². The quantitative estimate of drug-likeness (QED) is 0.477. The van der Waals surface area contributed by atoms with Crippen molar-refractivity contribution >= 4 is 17.8 Å². The van der Waals surface area contributed by atoms with Crippen LogP contribution in [0.25, 0.3) is 6.08 Å². The van der Waals surface area contributed by atoms with Gasteiger partial charge in [-0.25, -0.2) is 4.79 Å². The zero-order valence-electron chi connectivity index (χ0n) is 9.06. The number of ether oxygens (including phenoxy) is 1. The summed E-state index contributed by atoms with van der Waals surface area (Å²) in [5, 5.41) is 8.84. The Balaban J connectivity index is 3.23. The second kappa shape index (κ2) is 5.11. The van der Waals surface area contributed by atoms with Crippen molar-refractivity contribution in [2.75, 3.05) is 7.11 Å². The van der Waals surface area contributed by atoms with Gasteiger partial charge in [-0.15, -0.1) is 0 Å². The molecule has 1 N–H and O–H groups in total. The number of benzene rings is 1. The summed E-state index contributed by atoms with van der Waals surface area (Å²) in [7, 11) is 1.49. The molecule has 0 aliphatic rings. The average Bonchev–Trinajstić information content (AvgIpc) is 2.25. The van der Waals surface area contributed by atoms with E-state index in [0.717, 1.165) is 0 Å². The molecule has 0 atom stereocenters. The Morgan fingerprint density at radius 1 is 1.31 bits per heavy atom. The number of hydrogen-bond donors (Lipinski definition) is 1. The molecular formula is C12H12O4. The van der Waals surface area contributed by atoms with Crippen LogP contribution in [0.2, 0.25) is 0 Å². The standard InChI is InChI=1S/C12H12O4/c1-8(13)10(12(14)15)7-9-5-3-4-6-11(9)16-2/h3-7H,1-2H3,(H,14,15)/b10-7-. The van der Waals surface area contributed by atoms with Crippen molar-refractivity contribution in [3.8, 4) is 5.75 Å². The zero-order chi connectivity index (χ0) is 12.1. The number of carboxylic acids is 1. The molecule has 0 heterocycles. The van der Waals surface area contributed by atoms with E-state index >= 15 is 0 Å². The van der Waals surface area contributed by atoms with Gasteiger partial charge < -0.3 is 9.84 Å². The summed E-state index contributed by atoms with van der Waals surface area (Å²) in [5.74, 6) is -1.20. The molecule has 0 amide bonds. The van der Waals surface area contributed by atoms with E-state index < -0.39 is 11.8 Å². The van der Waals surface area contributed by atoms with Crippen LogP contribution >= 0.6 is 0 Å². The molecule has 0 saturated heterocycles. The molecule has 0 fully saturated rings. The molecular weight excluding hydrogens is 208 g/mol. The second-order valence-corrected chi connectivity index (χ2v) is 3.16. The Bertz CT molecular complexity index is 430. The van der Waals surface area contributed by atoms with E-state index in [1.165, 1.54) is 20.1 Å². The van der Waals surface area contributed by atoms with Gasteiger partial charge in [0, 0.05) is 5.56 Å². The number of Topliss-reactive ketones (excluding diaryl/α,β-unsaturated/α-hetero) is 1. The topological polar surface area (TPSA) is 63.6 Å². The van der Waals surface area contributed by atoms with Gasteiger partial charge in [0.25, 0.3) is 0 Å². The van der Waals surface area contributed by atoms with Gasteiger partial charge in [-0.2, -0.15) is 0 Å². The molecule has 0 aliphatic heterocycles. The van der Waals surface area contributed by atoms with Gasteiger partial charge in [0.1, 0.15) is 11.3 Å². The number of carboxylic acid groups (broad SMARTS) is 1. The Hall–Kier alpha value is -2.10. The third-order valence-corrected chi connectivity index (χ3v) is 2.05. The smallest absolute Gasteiger partial charge is 0.339 e. The van der Waals surface area contributed by atoms with Gasteiger partial charge in [0.15, 0.2) is 5.78 Å². The number of methoxy groups -OCH3 is 1. The molecule has 0 aliphatic carbocycles. The molecule has 4 heteroatoms. The van der Waals surface area contributed by atoms with Gasteiger partial charge in [0.2, 0.25) is 0 Å². The highest BCUT2D eigenvalue weighted by Crippen LogP contribution is 2.20. The first-order chi connectivity index (χ1) is 7.56. The van der Waals surface area contributed by atoms with Crippen LogP contribution < -0.4 is 4.74 Å². The fraction of sp³-hybridized carbons (Fsp3) is 0.167. The molecule has 1 aromatic rings. The SMILES string of the molecule is COc1ccccc1/C=C(/C(C)=O)C(=O)O. The van der Waals surface area contributed by atoms with Crippen molar-refractivity contribution in [3.63, 3.8) is 0 Å². The van der Waals surface area contributed by atoms with E-state index in [0.29, 0.717) is 11.3 Å². The third-order valence-electron chi connectivity index (χ3n) is 2.05. The number of rotatable bonds is 4. The minimum Gasteiger partial charge on any atom is -0.496 e. The number of hydrogen-bond acceptors (Lipinski definition) is 3. The highest BCUT2D eigenvalue weighted by Gasteiger charge is 2.13. The van der Waals surface area contributed by atoms with Crippen molar-refractivity contribution in [2.45, 2.75) is 6.92 Å². The Kier molecular flexibility index (Phi) is 3.83. The van der Waals surface area contributed by atoms with Crippen molar-refractivity contribution in [1.29, 1.82) is 0 Å². The van der Waals surface area contributed by atoms with Gasteiger partial charge in [-0.1, -0.05) is 18.2 Å². The first kappa shape index (κ1) is 12.0. The van der Waals surface area contributed by atoms with Crippen molar-refractivity contribution in [2.24, 2.45) is 0 Å². The predicted octanol–water partition coefficient (Wildman–Crippen LogP) is 1.75. The lowest BCUT2D eigenvalue weighted by molar-refractivity contribution is -0.134. The number of para-hydroxylation sites is 1. The number of ketones is 1. The van der Waals surface area contributed by atoms with Crippen LogP contribution in [0.4, 0.5) is 0 Å². The largest absolute Gasteiger partial charge is 0.496 e. The molecule has 0 spiro atoms. The minimum absolute atomic E-state index is 0.260. The van der Waals surface area contributed by atoms with Gasteiger partial charge in [-0.05, 0) is 19.1 Å². The maximum absolute atomic E-state index is 11.1. The molecule has 0 radical (unpaired) electrons. The third kappa shape index (κ3) is 2.70. The lowest BCUT2D eigenvalue weighted by Gasteiger charge is -2.04. The molecule has 0 saturated carbocycles. The molecule has 1 rings (SSSR count). The zero-order valence-corrected chi connectivity index (χ0v) is 9.06. The molecule has 0 unspecified atom stereocenters. The summed E-state index contributed by atoms with van der Waals surface area (Å²) in [6.07, 6.45) is 1.31. The average molecular weight is 220 g/mol. The highest BCUT2D eigenvalue weighted by atomic mass is 16.5. The van der Waals surface area contributed by atoms with Crippen LogP contribution in [0.15, 0.2) is 29.8 Å². The predicted molar refractivity (Wildman–Crippen MR) is 59.3 cm³/mol. The van der Waals surface area contributed by atoms with Crippen molar-refractivity contribution < 1.29 is 19.4 Å². The monoisotopic (exact) mass is 220 g/mol. The van der Waals surface area contributed by atoms with Crippen molar-refractivity contribution in [3.05, 3.63) is 35.4 Å². The summed E-state index contributed by atoms with van der Waals surface area (Å²) < 4.78 is 5.06.